The van der Waals surface area contributed by atoms with Crippen molar-refractivity contribution in [2.75, 3.05) is 39.3 Å². The van der Waals surface area contributed by atoms with Crippen molar-refractivity contribution in [3.63, 3.8) is 0 Å². The van der Waals surface area contributed by atoms with Crippen LogP contribution in [0.4, 0.5) is 0 Å². The maximum Gasteiger partial charge on any atom is 0.340 e. The van der Waals surface area contributed by atoms with Crippen LogP contribution < -0.4 is 5.63 Å². The highest BCUT2D eigenvalue weighted by atomic mass is 16.4. The Kier molecular flexibility index (Phi) is 5.19. The first-order valence-electron chi connectivity index (χ1n) is 9.95. The minimum atomic E-state index is -0.468. The molecule has 4 rings (SSSR count). The molecule has 0 unspecified atom stereocenters. The number of aliphatic hydroxyl groups excluding tert-OH is 1. The molecule has 1 saturated heterocycles. The van der Waals surface area contributed by atoms with Gasteiger partial charge >= 0.3 is 5.63 Å². The van der Waals surface area contributed by atoms with Crippen molar-refractivity contribution in [1.29, 1.82) is 0 Å². The van der Waals surface area contributed by atoms with E-state index in [-0.39, 0.29) is 18.9 Å². The highest BCUT2D eigenvalue weighted by molar-refractivity contribution is 6.07. The van der Waals surface area contributed by atoms with E-state index in [0.717, 1.165) is 40.6 Å². The van der Waals surface area contributed by atoms with E-state index < -0.39 is 5.63 Å². The smallest absolute Gasteiger partial charge is 0.340 e. The molecule has 1 aromatic carbocycles. The van der Waals surface area contributed by atoms with Crippen LogP contribution in [-0.4, -0.2) is 60.1 Å². The molecule has 1 N–H and O–H groups in total. The molecule has 0 aliphatic carbocycles. The highest BCUT2D eigenvalue weighted by Gasteiger charge is 2.24. The van der Waals surface area contributed by atoms with E-state index in [1.807, 2.05) is 26.8 Å². The number of aliphatic hydroxyl groups is 1. The van der Waals surface area contributed by atoms with Crippen LogP contribution >= 0.6 is 0 Å². The Morgan fingerprint density at radius 1 is 1.10 bits per heavy atom. The van der Waals surface area contributed by atoms with Gasteiger partial charge in [-0.3, -0.25) is 9.69 Å². The lowest BCUT2D eigenvalue weighted by Gasteiger charge is -2.34. The summed E-state index contributed by atoms with van der Waals surface area (Å²) in [6, 6.07) is 1.86. The van der Waals surface area contributed by atoms with Crippen molar-refractivity contribution in [1.82, 2.24) is 9.80 Å². The third-order valence-corrected chi connectivity index (χ3v) is 5.94. The maximum absolute atomic E-state index is 12.8. The third kappa shape index (κ3) is 3.45. The fourth-order valence-corrected chi connectivity index (χ4v) is 4.30. The zero-order valence-electron chi connectivity index (χ0n) is 17.1. The van der Waals surface area contributed by atoms with Gasteiger partial charge in [-0.25, -0.2) is 4.79 Å². The van der Waals surface area contributed by atoms with Gasteiger partial charge in [-0.05, 0) is 43.5 Å². The Morgan fingerprint density at radius 3 is 2.52 bits per heavy atom. The summed E-state index contributed by atoms with van der Waals surface area (Å²) < 4.78 is 11.4. The van der Waals surface area contributed by atoms with Crippen LogP contribution in [0.25, 0.3) is 21.9 Å². The molecule has 0 radical (unpaired) electrons. The van der Waals surface area contributed by atoms with Crippen molar-refractivity contribution in [3.05, 3.63) is 45.0 Å². The summed E-state index contributed by atoms with van der Waals surface area (Å²) in [4.78, 5) is 29.4. The monoisotopic (exact) mass is 398 g/mol. The number of fused-ring (bicyclic) bond motifs is 3. The molecule has 154 valence electrons. The quantitative estimate of drug-likeness (QED) is 0.678. The zero-order chi connectivity index (χ0) is 20.7. The first-order chi connectivity index (χ1) is 13.9. The number of benzene rings is 1. The molecule has 0 spiro atoms. The number of hydrogen-bond donors (Lipinski definition) is 1. The second-order valence-corrected chi connectivity index (χ2v) is 7.81. The third-order valence-electron chi connectivity index (χ3n) is 5.94. The van der Waals surface area contributed by atoms with Gasteiger partial charge in [0.25, 0.3) is 0 Å². The number of nitrogens with zero attached hydrogens (tertiary/aromatic N) is 2. The minimum Gasteiger partial charge on any atom is -0.463 e. The number of hydrogen-bond acceptors (Lipinski definition) is 6. The molecular weight excluding hydrogens is 372 g/mol. The maximum atomic E-state index is 12.8. The summed E-state index contributed by atoms with van der Waals surface area (Å²) >= 11 is 0. The van der Waals surface area contributed by atoms with Gasteiger partial charge in [-0.1, -0.05) is 0 Å². The molecule has 1 aliphatic heterocycles. The van der Waals surface area contributed by atoms with Crippen molar-refractivity contribution in [2.24, 2.45) is 0 Å². The number of furan rings is 1. The summed E-state index contributed by atoms with van der Waals surface area (Å²) in [5, 5.41) is 10.8. The van der Waals surface area contributed by atoms with Gasteiger partial charge in [0.2, 0.25) is 5.91 Å². The molecule has 3 aromatic rings. The zero-order valence-corrected chi connectivity index (χ0v) is 17.1. The first kappa shape index (κ1) is 19.7. The van der Waals surface area contributed by atoms with Crippen LogP contribution in [-0.2, 0) is 11.2 Å². The highest BCUT2D eigenvalue weighted by Crippen LogP contribution is 2.34. The summed E-state index contributed by atoms with van der Waals surface area (Å²) in [5.74, 6) is -0.0811. The second-order valence-electron chi connectivity index (χ2n) is 7.81. The molecule has 7 heteroatoms. The predicted molar refractivity (Wildman–Crippen MR) is 110 cm³/mol. The van der Waals surface area contributed by atoms with Gasteiger partial charge < -0.3 is 18.8 Å². The number of carbonyl (C=O) groups is 1. The topological polar surface area (TPSA) is 87.1 Å². The lowest BCUT2D eigenvalue weighted by atomic mass is 9.98. The van der Waals surface area contributed by atoms with Crippen molar-refractivity contribution in [2.45, 2.75) is 27.2 Å². The normalized spacial score (nSPS) is 15.5. The van der Waals surface area contributed by atoms with Crippen LogP contribution in [0.15, 0.2) is 26.0 Å². The molecule has 3 heterocycles. The summed E-state index contributed by atoms with van der Waals surface area (Å²) in [6.07, 6.45) is 1.72. The number of piperazine rings is 1. The Bertz CT molecular complexity index is 1140. The van der Waals surface area contributed by atoms with Crippen LogP contribution in [0, 0.1) is 20.8 Å². The molecule has 1 amide bonds. The summed E-state index contributed by atoms with van der Waals surface area (Å²) in [5.41, 5.74) is 3.87. The summed E-state index contributed by atoms with van der Waals surface area (Å²) in [6.45, 7) is 9.18. The average Bonchev–Trinajstić information content (AvgIpc) is 3.07. The first-order valence-corrected chi connectivity index (χ1v) is 9.95. The van der Waals surface area contributed by atoms with E-state index in [4.69, 9.17) is 13.9 Å². The summed E-state index contributed by atoms with van der Waals surface area (Å²) in [7, 11) is 0. The van der Waals surface area contributed by atoms with E-state index >= 15 is 0 Å². The molecule has 1 aliphatic rings. The second kappa shape index (κ2) is 7.65. The lowest BCUT2D eigenvalue weighted by molar-refractivity contribution is -0.132. The molecule has 2 aromatic heterocycles. The fourth-order valence-electron chi connectivity index (χ4n) is 4.30. The van der Waals surface area contributed by atoms with Gasteiger partial charge in [0.15, 0.2) is 0 Å². The van der Waals surface area contributed by atoms with E-state index in [1.165, 1.54) is 0 Å². The standard InChI is InChI=1S/C22H26N2O5/c1-13-10-17-20(21-19(13)14(2)12-28-21)15(3)16(22(27)29-17)11-18(26)24-6-4-23(5-7-24)8-9-25/h10,12,25H,4-9,11H2,1-3H3. The lowest BCUT2D eigenvalue weighted by Crippen LogP contribution is -2.49. The van der Waals surface area contributed by atoms with Crippen molar-refractivity contribution in [3.8, 4) is 0 Å². The van der Waals surface area contributed by atoms with Crippen LogP contribution in [0.2, 0.25) is 0 Å². The van der Waals surface area contributed by atoms with E-state index in [9.17, 15) is 9.59 Å². The number of rotatable bonds is 4. The van der Waals surface area contributed by atoms with E-state index in [2.05, 4.69) is 4.90 Å². The van der Waals surface area contributed by atoms with E-state index in [0.29, 0.717) is 36.4 Å². The van der Waals surface area contributed by atoms with Crippen LogP contribution in [0.5, 0.6) is 0 Å². The minimum absolute atomic E-state index is 0.0131. The van der Waals surface area contributed by atoms with Crippen molar-refractivity contribution >= 4 is 27.8 Å². The molecule has 0 atom stereocenters. The Hall–Kier alpha value is -2.64. The van der Waals surface area contributed by atoms with Gasteiger partial charge in [-0.2, -0.15) is 0 Å². The molecule has 1 fully saturated rings. The van der Waals surface area contributed by atoms with Crippen LogP contribution in [0.1, 0.15) is 22.3 Å². The number of β-amino-alcohol motifs (C(OH)–C–C–N with tert-alkyl or cyclic N) is 1. The number of aryl methyl sites for hydroxylation is 3. The van der Waals surface area contributed by atoms with Crippen molar-refractivity contribution < 1.29 is 18.7 Å². The van der Waals surface area contributed by atoms with Gasteiger partial charge in [0.05, 0.1) is 30.2 Å². The molecule has 7 nitrogen and oxygen atoms in total. The largest absolute Gasteiger partial charge is 0.463 e. The molecule has 29 heavy (non-hydrogen) atoms. The van der Waals surface area contributed by atoms with Gasteiger partial charge in [0, 0.05) is 38.1 Å². The molecule has 0 bridgehead atoms. The number of amides is 1. The number of carbonyl (C=O) groups excluding carboxylic acids is 1. The van der Waals surface area contributed by atoms with E-state index in [1.54, 1.807) is 11.2 Å². The Labute approximate surface area is 168 Å². The van der Waals surface area contributed by atoms with Gasteiger partial charge in [-0.15, -0.1) is 0 Å². The fraction of sp³-hybridized carbons (Fsp3) is 0.455. The van der Waals surface area contributed by atoms with Gasteiger partial charge in [0.1, 0.15) is 11.2 Å². The molecular formula is C22H26N2O5. The Balaban J connectivity index is 1.68. The average molecular weight is 398 g/mol. The molecule has 0 saturated carbocycles. The Morgan fingerprint density at radius 2 is 1.83 bits per heavy atom. The van der Waals surface area contributed by atoms with Crippen LogP contribution in [0.3, 0.4) is 0 Å². The predicted octanol–water partition coefficient (Wildman–Crippen LogP) is 2.14. The SMILES string of the molecule is Cc1coc2c1c(C)cc1oc(=O)c(CC(=O)N3CCN(CCO)CC3)c(C)c12.